The first-order valence-corrected chi connectivity index (χ1v) is 12.7. The SMILES string of the molecule is Cc1cc(C)c(-c2cc(-c3ccccn3)cc(-c3cccc4c3nc(-c3ccc[nH]c3=O)n4C)c2)c(C)c1. The number of aromatic amines is 1. The zero-order valence-electron chi connectivity index (χ0n) is 21.9. The maximum absolute atomic E-state index is 12.6. The monoisotopic (exact) mass is 496 g/mol. The molecule has 0 aliphatic rings. The van der Waals surface area contributed by atoms with E-state index in [0.717, 1.165) is 39.0 Å². The van der Waals surface area contributed by atoms with Crippen molar-refractivity contribution in [2.75, 3.05) is 0 Å². The summed E-state index contributed by atoms with van der Waals surface area (Å²) in [5.41, 5.74) is 12.4. The summed E-state index contributed by atoms with van der Waals surface area (Å²) in [7, 11) is 1.95. The van der Waals surface area contributed by atoms with Crippen molar-refractivity contribution in [2.24, 2.45) is 7.05 Å². The highest BCUT2D eigenvalue weighted by Gasteiger charge is 2.18. The largest absolute Gasteiger partial charge is 0.328 e. The van der Waals surface area contributed by atoms with Gasteiger partial charge in [0.1, 0.15) is 5.82 Å². The normalized spacial score (nSPS) is 11.3. The molecule has 0 aliphatic carbocycles. The van der Waals surface area contributed by atoms with Gasteiger partial charge in [0.15, 0.2) is 0 Å². The first-order valence-electron chi connectivity index (χ1n) is 12.7. The lowest BCUT2D eigenvalue weighted by atomic mass is 9.89. The van der Waals surface area contributed by atoms with Crippen molar-refractivity contribution in [2.45, 2.75) is 20.8 Å². The molecule has 0 atom stereocenters. The Morgan fingerprint density at radius 3 is 2.24 bits per heavy atom. The van der Waals surface area contributed by atoms with E-state index in [2.05, 4.69) is 67.1 Å². The molecule has 0 amide bonds. The van der Waals surface area contributed by atoms with Crippen LogP contribution in [0.3, 0.4) is 0 Å². The van der Waals surface area contributed by atoms with Gasteiger partial charge in [0, 0.05) is 30.6 Å². The van der Waals surface area contributed by atoms with Crippen LogP contribution in [0.4, 0.5) is 0 Å². The van der Waals surface area contributed by atoms with Crippen molar-refractivity contribution in [1.29, 1.82) is 0 Å². The Hall–Kier alpha value is -4.77. The van der Waals surface area contributed by atoms with E-state index < -0.39 is 0 Å². The highest BCUT2D eigenvalue weighted by atomic mass is 16.1. The smallest absolute Gasteiger partial charge is 0.258 e. The number of para-hydroxylation sites is 1. The number of imidazole rings is 1. The molecular weight excluding hydrogens is 468 g/mol. The van der Waals surface area contributed by atoms with Crippen molar-refractivity contribution in [1.82, 2.24) is 19.5 Å². The third-order valence-electron chi connectivity index (χ3n) is 7.14. The number of pyridine rings is 2. The molecule has 1 N–H and O–H groups in total. The molecule has 3 heterocycles. The lowest BCUT2D eigenvalue weighted by Gasteiger charge is -2.15. The molecule has 0 saturated carbocycles. The van der Waals surface area contributed by atoms with Crippen LogP contribution >= 0.6 is 0 Å². The van der Waals surface area contributed by atoms with Crippen LogP contribution in [-0.2, 0) is 7.05 Å². The van der Waals surface area contributed by atoms with Crippen molar-refractivity contribution < 1.29 is 0 Å². The van der Waals surface area contributed by atoms with Crippen LogP contribution < -0.4 is 5.56 Å². The predicted molar refractivity (Wildman–Crippen MR) is 155 cm³/mol. The molecule has 0 spiro atoms. The van der Waals surface area contributed by atoms with Gasteiger partial charge < -0.3 is 9.55 Å². The van der Waals surface area contributed by atoms with Gasteiger partial charge in [0.2, 0.25) is 0 Å². The van der Waals surface area contributed by atoms with Gasteiger partial charge in [-0.15, -0.1) is 0 Å². The number of nitrogens with one attached hydrogen (secondary N) is 1. The van der Waals surface area contributed by atoms with Gasteiger partial charge in [0.25, 0.3) is 5.56 Å². The summed E-state index contributed by atoms with van der Waals surface area (Å²) in [5.74, 6) is 0.639. The van der Waals surface area contributed by atoms with Gasteiger partial charge in [-0.1, -0.05) is 35.9 Å². The molecule has 0 radical (unpaired) electrons. The topological polar surface area (TPSA) is 63.6 Å². The summed E-state index contributed by atoms with van der Waals surface area (Å²) < 4.78 is 1.99. The molecule has 186 valence electrons. The summed E-state index contributed by atoms with van der Waals surface area (Å²) in [5, 5.41) is 0. The standard InChI is InChI=1S/C33H28N4O/c1-20-15-21(2)30(22(3)16-20)25-18-23(17-24(19-25)28-11-5-6-13-34-28)26-9-7-12-29-31(26)36-32(37(29)4)27-10-8-14-35-33(27)38/h5-19H,1-4H3,(H,35,38). The highest BCUT2D eigenvalue weighted by Crippen LogP contribution is 2.38. The number of aryl methyl sites for hydroxylation is 4. The number of benzene rings is 3. The van der Waals surface area contributed by atoms with E-state index in [1.165, 1.54) is 22.3 Å². The number of fused-ring (bicyclic) bond motifs is 1. The zero-order valence-corrected chi connectivity index (χ0v) is 21.9. The van der Waals surface area contributed by atoms with Gasteiger partial charge in [-0.3, -0.25) is 9.78 Å². The Bertz CT molecular complexity index is 1860. The van der Waals surface area contributed by atoms with E-state index in [1.807, 2.05) is 60.3 Å². The van der Waals surface area contributed by atoms with Gasteiger partial charge in [0.05, 0.1) is 22.3 Å². The Balaban J connectivity index is 1.63. The fraction of sp³-hybridized carbons (Fsp3) is 0.121. The third kappa shape index (κ3) is 4.02. The lowest BCUT2D eigenvalue weighted by molar-refractivity contribution is 0.954. The third-order valence-corrected chi connectivity index (χ3v) is 7.14. The van der Waals surface area contributed by atoms with Crippen molar-refractivity contribution in [3.05, 3.63) is 118 Å². The van der Waals surface area contributed by atoms with E-state index >= 15 is 0 Å². The van der Waals surface area contributed by atoms with E-state index in [-0.39, 0.29) is 5.56 Å². The fourth-order valence-electron chi connectivity index (χ4n) is 5.53. The van der Waals surface area contributed by atoms with Crippen LogP contribution in [0.15, 0.2) is 96.1 Å². The Kier molecular flexibility index (Phi) is 5.76. The van der Waals surface area contributed by atoms with E-state index in [0.29, 0.717) is 11.4 Å². The number of nitrogens with zero attached hydrogens (tertiary/aromatic N) is 3. The van der Waals surface area contributed by atoms with Crippen LogP contribution in [0, 0.1) is 20.8 Å². The Labute approximate surface area is 221 Å². The van der Waals surface area contributed by atoms with E-state index in [4.69, 9.17) is 4.98 Å². The van der Waals surface area contributed by atoms with Gasteiger partial charge in [-0.25, -0.2) is 4.98 Å². The van der Waals surface area contributed by atoms with Crippen LogP contribution in [0.1, 0.15) is 16.7 Å². The number of aromatic nitrogens is 4. The van der Waals surface area contributed by atoms with Crippen LogP contribution in [-0.4, -0.2) is 19.5 Å². The van der Waals surface area contributed by atoms with Crippen molar-refractivity contribution in [3.63, 3.8) is 0 Å². The molecule has 5 heteroatoms. The van der Waals surface area contributed by atoms with E-state index in [9.17, 15) is 4.79 Å². The molecule has 0 unspecified atom stereocenters. The number of rotatable bonds is 4. The minimum atomic E-state index is -0.155. The molecular formula is C33H28N4O. The molecule has 0 fully saturated rings. The number of hydrogen-bond donors (Lipinski definition) is 1. The van der Waals surface area contributed by atoms with Gasteiger partial charge in [-0.2, -0.15) is 0 Å². The van der Waals surface area contributed by atoms with Gasteiger partial charge >= 0.3 is 0 Å². The molecule has 0 saturated heterocycles. The summed E-state index contributed by atoms with van der Waals surface area (Å²) in [6.45, 7) is 6.48. The second-order valence-electron chi connectivity index (χ2n) is 9.87. The second kappa shape index (κ2) is 9.27. The van der Waals surface area contributed by atoms with Crippen LogP contribution in [0.25, 0.3) is 55.9 Å². The predicted octanol–water partition coefficient (Wildman–Crippen LogP) is 7.25. The lowest BCUT2D eigenvalue weighted by Crippen LogP contribution is -2.09. The summed E-state index contributed by atoms with van der Waals surface area (Å²) in [4.78, 5) is 25.0. The zero-order chi connectivity index (χ0) is 26.4. The molecule has 6 rings (SSSR count). The summed E-state index contributed by atoms with van der Waals surface area (Å²) in [6, 6.07) is 26.9. The number of hydrogen-bond acceptors (Lipinski definition) is 3. The first kappa shape index (κ1) is 23.6. The Morgan fingerprint density at radius 1 is 0.763 bits per heavy atom. The molecule has 0 bridgehead atoms. The quantitative estimate of drug-likeness (QED) is 0.280. The molecule has 5 nitrogen and oxygen atoms in total. The van der Waals surface area contributed by atoms with Crippen molar-refractivity contribution >= 4 is 11.0 Å². The molecule has 6 aromatic rings. The fourth-order valence-corrected chi connectivity index (χ4v) is 5.53. The average molecular weight is 497 g/mol. The summed E-state index contributed by atoms with van der Waals surface area (Å²) in [6.07, 6.45) is 3.47. The molecule has 3 aromatic heterocycles. The Morgan fingerprint density at radius 2 is 1.50 bits per heavy atom. The average Bonchev–Trinajstić information content (AvgIpc) is 3.25. The molecule has 38 heavy (non-hydrogen) atoms. The maximum atomic E-state index is 12.6. The minimum Gasteiger partial charge on any atom is -0.328 e. The maximum Gasteiger partial charge on any atom is 0.258 e. The highest BCUT2D eigenvalue weighted by molar-refractivity contribution is 5.96. The van der Waals surface area contributed by atoms with Crippen molar-refractivity contribution in [3.8, 4) is 44.9 Å². The molecule has 0 aliphatic heterocycles. The van der Waals surface area contributed by atoms with Gasteiger partial charge in [-0.05, 0) is 97.1 Å². The number of H-pyrrole nitrogens is 1. The van der Waals surface area contributed by atoms with Crippen LogP contribution in [0.2, 0.25) is 0 Å². The van der Waals surface area contributed by atoms with E-state index in [1.54, 1.807) is 6.20 Å². The summed E-state index contributed by atoms with van der Waals surface area (Å²) >= 11 is 0. The van der Waals surface area contributed by atoms with Crippen LogP contribution in [0.5, 0.6) is 0 Å². The second-order valence-corrected chi connectivity index (χ2v) is 9.87. The first-order chi connectivity index (χ1) is 18.4. The molecule has 3 aromatic carbocycles. The minimum absolute atomic E-state index is 0.155.